The van der Waals surface area contributed by atoms with Gasteiger partial charge in [-0.15, -0.1) is 0 Å². The molecule has 0 unspecified atom stereocenters. The summed E-state index contributed by atoms with van der Waals surface area (Å²) in [7, 11) is 2.14. The fourth-order valence-corrected chi connectivity index (χ4v) is 3.81. The molecule has 24 heavy (non-hydrogen) atoms. The van der Waals surface area contributed by atoms with E-state index in [0.29, 0.717) is 0 Å². The molecule has 4 aromatic carbocycles. The maximum Gasteiger partial charge on any atom is 0.0489 e. The Balaban J connectivity index is 1.86. The van der Waals surface area contributed by atoms with Crippen molar-refractivity contribution in [2.24, 2.45) is 7.05 Å². The Morgan fingerprint density at radius 1 is 0.583 bits per heavy atom. The van der Waals surface area contributed by atoms with Crippen LogP contribution in [-0.2, 0) is 7.05 Å². The summed E-state index contributed by atoms with van der Waals surface area (Å²) in [6.07, 6.45) is 0. The van der Waals surface area contributed by atoms with E-state index < -0.39 is 0 Å². The number of hydrogen-bond donors (Lipinski definition) is 0. The molecule has 0 amide bonds. The van der Waals surface area contributed by atoms with Crippen LogP contribution in [-0.4, -0.2) is 4.57 Å². The van der Waals surface area contributed by atoms with E-state index in [1.165, 1.54) is 43.7 Å². The summed E-state index contributed by atoms with van der Waals surface area (Å²) in [6.45, 7) is 0. The van der Waals surface area contributed by atoms with Crippen molar-refractivity contribution in [2.45, 2.75) is 0 Å². The summed E-state index contributed by atoms with van der Waals surface area (Å²) in [5, 5.41) is 5.23. The van der Waals surface area contributed by atoms with Gasteiger partial charge in [-0.3, -0.25) is 0 Å². The molecule has 0 bridgehead atoms. The summed E-state index contributed by atoms with van der Waals surface area (Å²) in [6, 6.07) is 30.6. The van der Waals surface area contributed by atoms with Gasteiger partial charge >= 0.3 is 0 Å². The Morgan fingerprint density at radius 2 is 1.29 bits per heavy atom. The quantitative estimate of drug-likeness (QED) is 0.350. The van der Waals surface area contributed by atoms with Crippen LogP contribution in [0.4, 0.5) is 0 Å². The zero-order chi connectivity index (χ0) is 16.1. The highest BCUT2D eigenvalue weighted by atomic mass is 14.9. The van der Waals surface area contributed by atoms with Crippen molar-refractivity contribution in [3.05, 3.63) is 84.9 Å². The number of aromatic nitrogens is 1. The van der Waals surface area contributed by atoms with Crippen LogP contribution in [0.15, 0.2) is 84.9 Å². The molecule has 114 valence electrons. The van der Waals surface area contributed by atoms with Crippen LogP contribution in [0.2, 0.25) is 0 Å². The highest BCUT2D eigenvalue weighted by molar-refractivity contribution is 6.10. The molecule has 0 fully saturated rings. The van der Waals surface area contributed by atoms with E-state index >= 15 is 0 Å². The maximum absolute atomic E-state index is 2.33. The molecule has 0 spiro atoms. The van der Waals surface area contributed by atoms with E-state index in [4.69, 9.17) is 0 Å². The largest absolute Gasteiger partial charge is 0.344 e. The number of nitrogens with zero attached hydrogens (tertiary/aromatic N) is 1. The number of para-hydroxylation sites is 1. The minimum absolute atomic E-state index is 1.27. The van der Waals surface area contributed by atoms with Crippen LogP contribution < -0.4 is 0 Å². The van der Waals surface area contributed by atoms with Crippen molar-refractivity contribution in [1.29, 1.82) is 0 Å². The van der Waals surface area contributed by atoms with Gasteiger partial charge < -0.3 is 4.57 Å². The van der Waals surface area contributed by atoms with Crippen LogP contribution in [0.1, 0.15) is 0 Å². The van der Waals surface area contributed by atoms with Gasteiger partial charge in [0, 0.05) is 28.9 Å². The third kappa shape index (κ3) is 1.82. The number of hydrogen-bond acceptors (Lipinski definition) is 0. The first-order valence-electron chi connectivity index (χ1n) is 8.28. The molecule has 0 saturated carbocycles. The third-order valence-corrected chi connectivity index (χ3v) is 5.01. The minimum atomic E-state index is 1.27. The van der Waals surface area contributed by atoms with Crippen molar-refractivity contribution < 1.29 is 0 Å². The van der Waals surface area contributed by atoms with Crippen molar-refractivity contribution in [1.82, 2.24) is 4.57 Å². The highest BCUT2D eigenvalue weighted by Gasteiger charge is 2.10. The van der Waals surface area contributed by atoms with Crippen LogP contribution in [0, 0.1) is 0 Å². The Hall–Kier alpha value is -3.06. The highest BCUT2D eigenvalue weighted by Crippen LogP contribution is 2.34. The predicted molar refractivity (Wildman–Crippen MR) is 103 cm³/mol. The van der Waals surface area contributed by atoms with Gasteiger partial charge in [-0.25, -0.2) is 0 Å². The Bertz CT molecular complexity index is 1210. The van der Waals surface area contributed by atoms with Gasteiger partial charge in [0.05, 0.1) is 0 Å². The number of fused-ring (bicyclic) bond motifs is 4. The van der Waals surface area contributed by atoms with E-state index in [1.54, 1.807) is 0 Å². The van der Waals surface area contributed by atoms with E-state index in [-0.39, 0.29) is 0 Å². The first-order chi connectivity index (χ1) is 11.8. The monoisotopic (exact) mass is 307 g/mol. The van der Waals surface area contributed by atoms with Crippen LogP contribution in [0.25, 0.3) is 43.7 Å². The first kappa shape index (κ1) is 13.4. The summed E-state index contributed by atoms with van der Waals surface area (Å²) in [4.78, 5) is 0. The lowest BCUT2D eigenvalue weighted by Crippen LogP contribution is -1.86. The fourth-order valence-electron chi connectivity index (χ4n) is 3.81. The lowest BCUT2D eigenvalue weighted by atomic mass is 9.97. The number of benzene rings is 4. The summed E-state index contributed by atoms with van der Waals surface area (Å²) < 4.78 is 2.28. The Morgan fingerprint density at radius 3 is 2.21 bits per heavy atom. The minimum Gasteiger partial charge on any atom is -0.344 e. The molecule has 0 N–H and O–H groups in total. The molecular weight excluding hydrogens is 290 g/mol. The molecule has 1 aromatic heterocycles. The molecule has 0 saturated heterocycles. The topological polar surface area (TPSA) is 4.93 Å². The molecule has 1 nitrogen and oxygen atoms in total. The number of aryl methyl sites for hydroxylation is 1. The Kier molecular flexibility index (Phi) is 2.77. The summed E-state index contributed by atoms with van der Waals surface area (Å²) in [5.74, 6) is 0. The standard InChI is InChI=1S/C23H17N/c1-24-22-12-5-4-10-20(22)21-15-17(13-14-23(21)24)19-11-6-8-16-7-2-3-9-18(16)19/h2-15H,1H3. The summed E-state index contributed by atoms with van der Waals surface area (Å²) in [5.41, 5.74) is 5.13. The first-order valence-corrected chi connectivity index (χ1v) is 8.28. The lowest BCUT2D eigenvalue weighted by molar-refractivity contribution is 1.01. The van der Waals surface area contributed by atoms with Crippen molar-refractivity contribution in [3.63, 3.8) is 0 Å². The molecule has 1 heteroatoms. The zero-order valence-corrected chi connectivity index (χ0v) is 13.5. The van der Waals surface area contributed by atoms with Gasteiger partial charge in [-0.1, -0.05) is 66.7 Å². The van der Waals surface area contributed by atoms with Crippen molar-refractivity contribution >= 4 is 32.6 Å². The van der Waals surface area contributed by atoms with E-state index in [9.17, 15) is 0 Å². The molecule has 5 rings (SSSR count). The van der Waals surface area contributed by atoms with Crippen LogP contribution >= 0.6 is 0 Å². The van der Waals surface area contributed by atoms with Crippen LogP contribution in [0.3, 0.4) is 0 Å². The molecule has 0 aliphatic carbocycles. The molecular formula is C23H17N. The van der Waals surface area contributed by atoms with Crippen molar-refractivity contribution in [3.8, 4) is 11.1 Å². The second-order valence-corrected chi connectivity index (χ2v) is 6.33. The third-order valence-electron chi connectivity index (χ3n) is 5.01. The van der Waals surface area contributed by atoms with E-state index in [1.807, 2.05) is 0 Å². The van der Waals surface area contributed by atoms with Gasteiger partial charge in [-0.05, 0) is 40.1 Å². The van der Waals surface area contributed by atoms with E-state index in [2.05, 4.69) is 96.5 Å². The van der Waals surface area contributed by atoms with Crippen LogP contribution in [0.5, 0.6) is 0 Å². The lowest BCUT2D eigenvalue weighted by Gasteiger charge is -2.07. The van der Waals surface area contributed by atoms with Gasteiger partial charge in [-0.2, -0.15) is 0 Å². The second kappa shape index (κ2) is 4.97. The Labute approximate surface area is 140 Å². The zero-order valence-electron chi connectivity index (χ0n) is 13.5. The van der Waals surface area contributed by atoms with Gasteiger partial charge in [0.25, 0.3) is 0 Å². The average Bonchev–Trinajstić information content (AvgIpc) is 2.94. The number of rotatable bonds is 1. The molecule has 5 aromatic rings. The smallest absolute Gasteiger partial charge is 0.0489 e. The van der Waals surface area contributed by atoms with Crippen molar-refractivity contribution in [2.75, 3.05) is 0 Å². The summed E-state index contributed by atoms with van der Waals surface area (Å²) >= 11 is 0. The maximum atomic E-state index is 2.33. The SMILES string of the molecule is Cn1c2ccccc2c2cc(-c3cccc4ccccc34)ccc21. The molecule has 0 radical (unpaired) electrons. The van der Waals surface area contributed by atoms with Gasteiger partial charge in [0.15, 0.2) is 0 Å². The molecule has 0 aliphatic heterocycles. The molecule has 0 aliphatic rings. The average molecular weight is 307 g/mol. The predicted octanol–water partition coefficient (Wildman–Crippen LogP) is 6.15. The van der Waals surface area contributed by atoms with Gasteiger partial charge in [0.2, 0.25) is 0 Å². The van der Waals surface area contributed by atoms with Gasteiger partial charge in [0.1, 0.15) is 0 Å². The fraction of sp³-hybridized carbons (Fsp3) is 0.0435. The molecule has 0 atom stereocenters. The normalized spacial score (nSPS) is 11.5. The molecule has 1 heterocycles. The second-order valence-electron chi connectivity index (χ2n) is 6.33. The van der Waals surface area contributed by atoms with E-state index in [0.717, 1.165) is 0 Å².